The molecule has 20 heavy (non-hydrogen) atoms. The number of aryl methyl sites for hydroxylation is 1. The highest BCUT2D eigenvalue weighted by molar-refractivity contribution is 5.95. The molecule has 0 amide bonds. The second-order valence-corrected chi connectivity index (χ2v) is 4.05. The number of anilines is 1. The minimum Gasteiger partial charge on any atom is -0.465 e. The molecule has 5 nitrogen and oxygen atoms in total. The Balaban J connectivity index is 2.42. The standard InChI is InChI=1S/C14H13FN2O3/c1-8-12(4-3-5-17-8)20-13-6-9(14(18)19-2)11(16)7-10(13)15/h3-7H,16H2,1-2H3. The summed E-state index contributed by atoms with van der Waals surface area (Å²) in [5.41, 5.74) is 6.22. The van der Waals surface area contributed by atoms with Crippen molar-refractivity contribution in [3.63, 3.8) is 0 Å². The first-order valence-corrected chi connectivity index (χ1v) is 5.79. The van der Waals surface area contributed by atoms with Crippen LogP contribution in [0.15, 0.2) is 30.5 Å². The van der Waals surface area contributed by atoms with Crippen LogP contribution in [0.25, 0.3) is 0 Å². The fourth-order valence-corrected chi connectivity index (χ4v) is 1.63. The highest BCUT2D eigenvalue weighted by atomic mass is 19.1. The van der Waals surface area contributed by atoms with Crippen LogP contribution in [0.4, 0.5) is 10.1 Å². The van der Waals surface area contributed by atoms with Crippen LogP contribution in [0.1, 0.15) is 16.1 Å². The van der Waals surface area contributed by atoms with Gasteiger partial charge >= 0.3 is 5.97 Å². The molecule has 0 aliphatic carbocycles. The lowest BCUT2D eigenvalue weighted by atomic mass is 10.1. The Morgan fingerprint density at radius 3 is 2.75 bits per heavy atom. The van der Waals surface area contributed by atoms with Gasteiger partial charge in [-0.2, -0.15) is 0 Å². The number of carbonyl (C=O) groups excluding carboxylic acids is 1. The minimum absolute atomic E-state index is 0.00962. The van der Waals surface area contributed by atoms with E-state index >= 15 is 0 Å². The third kappa shape index (κ3) is 2.69. The lowest BCUT2D eigenvalue weighted by Crippen LogP contribution is -2.07. The van der Waals surface area contributed by atoms with Gasteiger partial charge in [0.05, 0.1) is 18.4 Å². The first-order valence-electron chi connectivity index (χ1n) is 5.79. The molecule has 6 heteroatoms. The molecule has 0 atom stereocenters. The van der Waals surface area contributed by atoms with E-state index in [-0.39, 0.29) is 17.0 Å². The number of carbonyl (C=O) groups is 1. The first-order chi connectivity index (χ1) is 9.52. The van der Waals surface area contributed by atoms with Gasteiger partial charge < -0.3 is 15.2 Å². The summed E-state index contributed by atoms with van der Waals surface area (Å²) in [4.78, 5) is 15.6. The number of nitrogen functional groups attached to an aromatic ring is 1. The zero-order chi connectivity index (χ0) is 14.7. The molecule has 0 saturated carbocycles. The summed E-state index contributed by atoms with van der Waals surface area (Å²) in [5.74, 6) is -1.05. The van der Waals surface area contributed by atoms with Crippen molar-refractivity contribution in [2.75, 3.05) is 12.8 Å². The molecule has 104 valence electrons. The minimum atomic E-state index is -0.668. The van der Waals surface area contributed by atoms with Gasteiger partial charge in [-0.05, 0) is 19.1 Å². The van der Waals surface area contributed by atoms with Crippen molar-refractivity contribution < 1.29 is 18.7 Å². The molecular formula is C14H13FN2O3. The van der Waals surface area contributed by atoms with Crippen molar-refractivity contribution in [2.24, 2.45) is 0 Å². The molecule has 2 aromatic rings. The van der Waals surface area contributed by atoms with Gasteiger partial charge in [0.2, 0.25) is 0 Å². The third-order valence-electron chi connectivity index (χ3n) is 2.69. The smallest absolute Gasteiger partial charge is 0.340 e. The van der Waals surface area contributed by atoms with Crippen molar-refractivity contribution in [3.05, 3.63) is 47.5 Å². The maximum absolute atomic E-state index is 13.8. The van der Waals surface area contributed by atoms with Gasteiger partial charge in [0.25, 0.3) is 0 Å². The van der Waals surface area contributed by atoms with E-state index in [2.05, 4.69) is 9.72 Å². The lowest BCUT2D eigenvalue weighted by Gasteiger charge is -2.11. The number of hydrogen-bond donors (Lipinski definition) is 1. The number of nitrogens with zero attached hydrogens (tertiary/aromatic N) is 1. The number of rotatable bonds is 3. The number of hydrogen-bond acceptors (Lipinski definition) is 5. The molecule has 0 spiro atoms. The monoisotopic (exact) mass is 276 g/mol. The molecule has 1 aromatic heterocycles. The predicted octanol–water partition coefficient (Wildman–Crippen LogP) is 2.69. The first kappa shape index (κ1) is 13.8. The molecule has 2 rings (SSSR count). The molecule has 0 radical (unpaired) electrons. The largest absolute Gasteiger partial charge is 0.465 e. The quantitative estimate of drug-likeness (QED) is 0.689. The average molecular weight is 276 g/mol. The summed E-state index contributed by atoms with van der Waals surface area (Å²) in [6.07, 6.45) is 1.60. The number of ether oxygens (including phenoxy) is 2. The van der Waals surface area contributed by atoms with Crippen molar-refractivity contribution in [1.29, 1.82) is 0 Å². The molecule has 0 saturated heterocycles. The van der Waals surface area contributed by atoms with Crippen LogP contribution in [0, 0.1) is 12.7 Å². The van der Waals surface area contributed by atoms with Crippen LogP contribution in [-0.4, -0.2) is 18.1 Å². The van der Waals surface area contributed by atoms with Crippen molar-refractivity contribution >= 4 is 11.7 Å². The van der Waals surface area contributed by atoms with Crippen LogP contribution >= 0.6 is 0 Å². The Labute approximate surface area is 115 Å². The molecule has 1 heterocycles. The molecule has 2 N–H and O–H groups in total. The second-order valence-electron chi connectivity index (χ2n) is 4.05. The number of pyridine rings is 1. The molecular weight excluding hydrogens is 263 g/mol. The summed E-state index contributed by atoms with van der Waals surface area (Å²) in [6, 6.07) is 5.55. The zero-order valence-electron chi connectivity index (χ0n) is 11.0. The number of aromatic nitrogens is 1. The summed E-state index contributed by atoms with van der Waals surface area (Å²) in [7, 11) is 1.22. The fraction of sp³-hybridized carbons (Fsp3) is 0.143. The average Bonchev–Trinajstić information content (AvgIpc) is 2.43. The number of benzene rings is 1. The lowest BCUT2D eigenvalue weighted by molar-refractivity contribution is 0.0601. The Bertz CT molecular complexity index is 659. The maximum atomic E-state index is 13.8. The molecule has 1 aromatic carbocycles. The summed E-state index contributed by atoms with van der Waals surface area (Å²) < 4.78 is 23.8. The Morgan fingerprint density at radius 2 is 2.10 bits per heavy atom. The van der Waals surface area contributed by atoms with Gasteiger partial charge in [0.15, 0.2) is 11.6 Å². The molecule has 0 bridgehead atoms. The highest BCUT2D eigenvalue weighted by Gasteiger charge is 2.16. The van der Waals surface area contributed by atoms with Crippen LogP contribution in [-0.2, 0) is 4.74 Å². The Kier molecular flexibility index (Phi) is 3.84. The Morgan fingerprint density at radius 1 is 1.35 bits per heavy atom. The second kappa shape index (κ2) is 5.56. The van der Waals surface area contributed by atoms with Crippen LogP contribution in [0.3, 0.4) is 0 Å². The van der Waals surface area contributed by atoms with E-state index in [0.29, 0.717) is 11.4 Å². The van der Waals surface area contributed by atoms with Crippen LogP contribution in [0.2, 0.25) is 0 Å². The van der Waals surface area contributed by atoms with E-state index in [0.717, 1.165) is 6.07 Å². The normalized spacial score (nSPS) is 10.2. The topological polar surface area (TPSA) is 74.4 Å². The van der Waals surface area contributed by atoms with Crippen molar-refractivity contribution in [2.45, 2.75) is 6.92 Å². The van der Waals surface area contributed by atoms with Crippen LogP contribution in [0.5, 0.6) is 11.5 Å². The molecule has 0 aliphatic rings. The zero-order valence-corrected chi connectivity index (χ0v) is 11.0. The third-order valence-corrected chi connectivity index (χ3v) is 2.69. The van der Waals surface area contributed by atoms with E-state index in [1.54, 1.807) is 25.3 Å². The van der Waals surface area contributed by atoms with E-state index in [9.17, 15) is 9.18 Å². The highest BCUT2D eigenvalue weighted by Crippen LogP contribution is 2.30. The van der Waals surface area contributed by atoms with Crippen LogP contribution < -0.4 is 10.5 Å². The number of nitrogens with two attached hydrogens (primary N) is 1. The van der Waals surface area contributed by atoms with Gasteiger partial charge in [-0.25, -0.2) is 9.18 Å². The summed E-state index contributed by atoms with van der Waals surface area (Å²) in [6.45, 7) is 1.73. The summed E-state index contributed by atoms with van der Waals surface area (Å²) >= 11 is 0. The van der Waals surface area contributed by atoms with Gasteiger partial charge in [-0.3, -0.25) is 4.98 Å². The predicted molar refractivity (Wildman–Crippen MR) is 71.2 cm³/mol. The number of halogens is 1. The van der Waals surface area contributed by atoms with Gasteiger partial charge in [0, 0.05) is 24.0 Å². The Hall–Kier alpha value is -2.63. The fourth-order valence-electron chi connectivity index (χ4n) is 1.63. The molecule has 0 unspecified atom stereocenters. The van der Waals surface area contributed by atoms with E-state index in [1.165, 1.54) is 13.2 Å². The number of esters is 1. The summed E-state index contributed by atoms with van der Waals surface area (Å²) in [5, 5.41) is 0. The van der Waals surface area contributed by atoms with E-state index in [4.69, 9.17) is 10.5 Å². The van der Waals surface area contributed by atoms with Gasteiger partial charge in [-0.1, -0.05) is 0 Å². The van der Waals surface area contributed by atoms with Gasteiger partial charge in [0.1, 0.15) is 5.75 Å². The molecule has 0 aliphatic heterocycles. The number of methoxy groups -OCH3 is 1. The van der Waals surface area contributed by atoms with Gasteiger partial charge in [-0.15, -0.1) is 0 Å². The van der Waals surface area contributed by atoms with Crippen molar-refractivity contribution in [1.82, 2.24) is 4.98 Å². The molecule has 0 fully saturated rings. The van der Waals surface area contributed by atoms with E-state index < -0.39 is 11.8 Å². The van der Waals surface area contributed by atoms with E-state index in [1.807, 2.05) is 0 Å². The van der Waals surface area contributed by atoms with Crippen molar-refractivity contribution in [3.8, 4) is 11.5 Å². The SMILES string of the molecule is COC(=O)c1cc(Oc2cccnc2C)c(F)cc1N. The maximum Gasteiger partial charge on any atom is 0.340 e.